The van der Waals surface area contributed by atoms with Gasteiger partial charge in [-0.25, -0.2) is 4.89 Å². The molecule has 1 amide bonds. The van der Waals surface area contributed by atoms with Gasteiger partial charge in [-0.3, -0.25) is 4.79 Å². The van der Waals surface area contributed by atoms with Crippen LogP contribution in [0.15, 0.2) is 58.4 Å². The van der Waals surface area contributed by atoms with Crippen LogP contribution in [0.1, 0.15) is 10.4 Å². The lowest BCUT2D eigenvalue weighted by Gasteiger charge is -2.10. The molecule has 0 aromatic heterocycles. The van der Waals surface area contributed by atoms with Crippen LogP contribution in [0.2, 0.25) is 0 Å². The van der Waals surface area contributed by atoms with Crippen LogP contribution in [0.3, 0.4) is 0 Å². The van der Waals surface area contributed by atoms with Crippen molar-refractivity contribution >= 4 is 23.9 Å². The minimum absolute atomic E-state index is 0.293. The van der Waals surface area contributed by atoms with E-state index in [1.54, 1.807) is 18.2 Å². The quantitative estimate of drug-likeness (QED) is 0.275. The smallest absolute Gasteiger partial charge is 0.280 e. The van der Waals surface area contributed by atoms with Gasteiger partial charge in [0.25, 0.3) is 5.91 Å². The van der Waals surface area contributed by atoms with Crippen LogP contribution in [-0.2, 0) is 9.22 Å². The highest BCUT2D eigenvalue weighted by Gasteiger charge is 2.13. The van der Waals surface area contributed by atoms with Gasteiger partial charge < -0.3 is 16.2 Å². The van der Waals surface area contributed by atoms with Crippen molar-refractivity contribution in [3.63, 3.8) is 0 Å². The molecular formula is C15H15N3O4S. The van der Waals surface area contributed by atoms with Crippen LogP contribution >= 0.6 is 12.0 Å². The number of rotatable bonds is 6. The zero-order valence-electron chi connectivity index (χ0n) is 12.3. The Morgan fingerprint density at radius 2 is 1.87 bits per heavy atom. The first-order chi connectivity index (χ1) is 11.1. The molecule has 0 saturated heterocycles. The molecule has 0 unspecified atom stereocenters. The Kier molecular flexibility index (Phi) is 5.98. The van der Waals surface area contributed by atoms with Crippen LogP contribution in [0, 0.1) is 0 Å². The zero-order chi connectivity index (χ0) is 16.7. The number of hydrogen-bond acceptors (Lipinski definition) is 5. The molecule has 2 aromatic carbocycles. The number of aliphatic imine (C=N–C) groups is 1. The molecule has 0 aliphatic carbocycles. The van der Waals surface area contributed by atoms with Gasteiger partial charge in [0.1, 0.15) is 11.5 Å². The van der Waals surface area contributed by atoms with E-state index < -0.39 is 5.91 Å². The Balaban J connectivity index is 2.30. The molecule has 2 aromatic rings. The molecule has 7 nitrogen and oxygen atoms in total. The summed E-state index contributed by atoms with van der Waals surface area (Å²) in [4.78, 5) is 20.5. The Labute approximate surface area is 137 Å². The van der Waals surface area contributed by atoms with E-state index in [0.717, 1.165) is 12.0 Å². The van der Waals surface area contributed by atoms with Crippen molar-refractivity contribution in [1.29, 1.82) is 0 Å². The topological polar surface area (TPSA) is 109 Å². The van der Waals surface area contributed by atoms with Gasteiger partial charge in [-0.1, -0.05) is 18.2 Å². The molecule has 0 saturated carbocycles. The van der Waals surface area contributed by atoms with Gasteiger partial charge >= 0.3 is 0 Å². The number of carbonyl (C=O) groups is 1. The second kappa shape index (κ2) is 8.18. The summed E-state index contributed by atoms with van der Waals surface area (Å²) >= 11 is 0.906. The SMILES string of the molecule is COOSc1cc(C(=O)N=C(N)N)ccc1Oc1ccccc1. The molecule has 4 N–H and O–H groups in total. The Morgan fingerprint density at radius 1 is 1.13 bits per heavy atom. The molecule has 0 atom stereocenters. The van der Waals surface area contributed by atoms with Gasteiger partial charge in [0.15, 0.2) is 5.96 Å². The van der Waals surface area contributed by atoms with E-state index in [-0.39, 0.29) is 5.96 Å². The normalized spacial score (nSPS) is 10.1. The fourth-order valence-corrected chi connectivity index (χ4v) is 2.17. The first kappa shape index (κ1) is 16.8. The molecule has 0 radical (unpaired) electrons. The number of amides is 1. The monoisotopic (exact) mass is 333 g/mol. The van der Waals surface area contributed by atoms with Gasteiger partial charge in [0.2, 0.25) is 0 Å². The second-order valence-electron chi connectivity index (χ2n) is 4.24. The summed E-state index contributed by atoms with van der Waals surface area (Å²) in [5.41, 5.74) is 10.7. The molecule has 0 spiro atoms. The standard InChI is InChI=1S/C15H15N3O4S/c1-20-22-23-13-9-10(14(19)18-15(16)17)7-8-12(13)21-11-5-3-2-4-6-11/h2-9H,1H3,(H4,16,17,18,19). The number of ether oxygens (including phenoxy) is 1. The highest BCUT2D eigenvalue weighted by molar-refractivity contribution is 7.94. The maximum Gasteiger partial charge on any atom is 0.280 e. The van der Waals surface area contributed by atoms with Gasteiger partial charge in [0.05, 0.1) is 24.0 Å². The molecule has 0 aliphatic rings. The van der Waals surface area contributed by atoms with Crippen molar-refractivity contribution in [2.24, 2.45) is 16.5 Å². The number of nitrogens with two attached hydrogens (primary N) is 2. The van der Waals surface area contributed by atoms with E-state index in [1.165, 1.54) is 7.11 Å². The highest BCUT2D eigenvalue weighted by Crippen LogP contribution is 2.34. The lowest BCUT2D eigenvalue weighted by Crippen LogP contribution is -2.24. The average Bonchev–Trinajstić information content (AvgIpc) is 2.54. The number of guanidine groups is 1. The van der Waals surface area contributed by atoms with Crippen LogP contribution in [0.5, 0.6) is 11.5 Å². The minimum atomic E-state index is -0.560. The fourth-order valence-electron chi connectivity index (χ4n) is 1.66. The van der Waals surface area contributed by atoms with Crippen LogP contribution in [0.4, 0.5) is 0 Å². The van der Waals surface area contributed by atoms with Gasteiger partial charge in [-0.2, -0.15) is 9.33 Å². The lowest BCUT2D eigenvalue weighted by molar-refractivity contribution is -0.160. The lowest BCUT2D eigenvalue weighted by atomic mass is 10.2. The Morgan fingerprint density at radius 3 is 2.52 bits per heavy atom. The van der Waals surface area contributed by atoms with Crippen LogP contribution < -0.4 is 16.2 Å². The average molecular weight is 333 g/mol. The largest absolute Gasteiger partial charge is 0.456 e. The number of benzene rings is 2. The van der Waals surface area contributed by atoms with Crippen LogP contribution in [-0.4, -0.2) is 19.0 Å². The molecule has 0 bridgehead atoms. The van der Waals surface area contributed by atoms with Crippen molar-refractivity contribution in [3.05, 3.63) is 54.1 Å². The third-order valence-corrected chi connectivity index (χ3v) is 3.29. The van der Waals surface area contributed by atoms with E-state index >= 15 is 0 Å². The maximum atomic E-state index is 11.9. The molecular weight excluding hydrogens is 318 g/mol. The summed E-state index contributed by atoms with van der Waals surface area (Å²) in [7, 11) is 1.37. The summed E-state index contributed by atoms with van der Waals surface area (Å²) in [5, 5.41) is 0. The van der Waals surface area contributed by atoms with Gasteiger partial charge in [-0.05, 0) is 30.3 Å². The maximum absolute atomic E-state index is 11.9. The number of carbonyl (C=O) groups excluding carboxylic acids is 1. The van der Waals surface area contributed by atoms with E-state index in [0.29, 0.717) is 22.0 Å². The summed E-state index contributed by atoms with van der Waals surface area (Å²) in [6, 6.07) is 13.9. The van der Waals surface area contributed by atoms with Gasteiger partial charge in [0, 0.05) is 5.56 Å². The first-order valence-electron chi connectivity index (χ1n) is 6.48. The molecule has 8 heteroatoms. The van der Waals surface area contributed by atoms with Crippen molar-refractivity contribution < 1.29 is 18.8 Å². The van der Waals surface area contributed by atoms with Crippen molar-refractivity contribution in [1.82, 2.24) is 0 Å². The fraction of sp³-hybridized carbons (Fsp3) is 0.0667. The van der Waals surface area contributed by atoms with E-state index in [4.69, 9.17) is 20.5 Å². The van der Waals surface area contributed by atoms with E-state index in [2.05, 4.69) is 9.88 Å². The molecule has 2 rings (SSSR count). The number of hydrogen-bond donors (Lipinski definition) is 2. The Hall–Kier alpha value is -2.55. The van der Waals surface area contributed by atoms with Crippen LogP contribution in [0.25, 0.3) is 0 Å². The zero-order valence-corrected chi connectivity index (χ0v) is 13.1. The predicted molar refractivity (Wildman–Crippen MR) is 87.0 cm³/mol. The molecule has 120 valence electrons. The summed E-state index contributed by atoms with van der Waals surface area (Å²) in [5.74, 6) is 0.284. The highest BCUT2D eigenvalue weighted by atomic mass is 32.2. The summed E-state index contributed by atoms with van der Waals surface area (Å²) < 4.78 is 10.6. The summed E-state index contributed by atoms with van der Waals surface area (Å²) in [6.07, 6.45) is 0. The second-order valence-corrected chi connectivity index (χ2v) is 4.98. The van der Waals surface area contributed by atoms with Crippen molar-refractivity contribution in [3.8, 4) is 11.5 Å². The number of nitrogens with zero attached hydrogens (tertiary/aromatic N) is 1. The van der Waals surface area contributed by atoms with Gasteiger partial charge in [-0.15, -0.1) is 0 Å². The molecule has 0 aliphatic heterocycles. The third kappa shape index (κ3) is 4.99. The van der Waals surface area contributed by atoms with Crippen molar-refractivity contribution in [2.45, 2.75) is 4.90 Å². The van der Waals surface area contributed by atoms with E-state index in [1.807, 2.05) is 30.3 Å². The van der Waals surface area contributed by atoms with Crippen molar-refractivity contribution in [2.75, 3.05) is 7.11 Å². The number of para-hydroxylation sites is 1. The molecule has 0 heterocycles. The predicted octanol–water partition coefficient (Wildman–Crippen LogP) is 2.48. The summed E-state index contributed by atoms with van der Waals surface area (Å²) in [6.45, 7) is 0. The molecule has 23 heavy (non-hydrogen) atoms. The molecule has 0 fully saturated rings. The first-order valence-corrected chi connectivity index (χ1v) is 7.22. The minimum Gasteiger partial charge on any atom is -0.456 e. The third-order valence-electron chi connectivity index (χ3n) is 2.58. The Bertz CT molecular complexity index is 703. The van der Waals surface area contributed by atoms with E-state index in [9.17, 15) is 4.79 Å².